The molecule has 2 rings (SSSR count). The lowest BCUT2D eigenvalue weighted by Crippen LogP contribution is -2.38. The number of nitrogens with one attached hydrogen (secondary N) is 1. The lowest BCUT2D eigenvalue weighted by Gasteiger charge is -2.28. The van der Waals surface area contributed by atoms with Gasteiger partial charge in [0.25, 0.3) is 0 Å². The number of aldehydes is 1. The van der Waals surface area contributed by atoms with Crippen LogP contribution in [0.2, 0.25) is 0 Å². The summed E-state index contributed by atoms with van der Waals surface area (Å²) in [5.74, 6) is 0. The number of carbonyl (C=O) groups is 1. The first-order chi connectivity index (χ1) is 7.30. The normalized spacial score (nSPS) is 23.8. The van der Waals surface area contributed by atoms with E-state index in [0.29, 0.717) is 5.56 Å². The van der Waals surface area contributed by atoms with E-state index >= 15 is 0 Å². The van der Waals surface area contributed by atoms with Gasteiger partial charge in [-0.1, -0.05) is 24.3 Å². The average molecular weight is 242 g/mol. The van der Waals surface area contributed by atoms with Crippen molar-refractivity contribution in [1.29, 1.82) is 0 Å². The van der Waals surface area contributed by atoms with Crippen LogP contribution in [0.1, 0.15) is 28.8 Å². The maximum absolute atomic E-state index is 10.5. The first kappa shape index (κ1) is 13.2. The van der Waals surface area contributed by atoms with E-state index in [1.165, 1.54) is 0 Å². The SMILES string of the molecule is CO[C@]1(c2ccc(C=O)cc2)CCCN1.Cl. The monoisotopic (exact) mass is 241 g/mol. The third kappa shape index (κ3) is 2.26. The minimum absolute atomic E-state index is 0. The van der Waals surface area contributed by atoms with Gasteiger partial charge < -0.3 is 4.74 Å². The minimum Gasteiger partial charge on any atom is -0.360 e. The van der Waals surface area contributed by atoms with Gasteiger partial charge in [-0.05, 0) is 24.9 Å². The summed E-state index contributed by atoms with van der Waals surface area (Å²) < 4.78 is 5.56. The molecule has 1 fully saturated rings. The fourth-order valence-electron chi connectivity index (χ4n) is 2.09. The van der Waals surface area contributed by atoms with Crippen LogP contribution in [0.25, 0.3) is 0 Å². The van der Waals surface area contributed by atoms with Gasteiger partial charge in [-0.2, -0.15) is 0 Å². The molecule has 1 saturated heterocycles. The second-order valence-electron chi connectivity index (χ2n) is 3.80. The molecule has 0 spiro atoms. The molecule has 0 amide bonds. The van der Waals surface area contributed by atoms with Gasteiger partial charge in [0.05, 0.1) is 0 Å². The largest absolute Gasteiger partial charge is 0.360 e. The summed E-state index contributed by atoms with van der Waals surface area (Å²) in [4.78, 5) is 10.5. The number of carbonyl (C=O) groups excluding carboxylic acids is 1. The Morgan fingerprint density at radius 1 is 1.38 bits per heavy atom. The fourth-order valence-corrected chi connectivity index (χ4v) is 2.09. The van der Waals surface area contributed by atoms with E-state index < -0.39 is 0 Å². The van der Waals surface area contributed by atoms with E-state index in [9.17, 15) is 4.79 Å². The van der Waals surface area contributed by atoms with Gasteiger partial charge in [-0.3, -0.25) is 10.1 Å². The van der Waals surface area contributed by atoms with E-state index in [0.717, 1.165) is 31.2 Å². The van der Waals surface area contributed by atoms with Gasteiger partial charge in [-0.25, -0.2) is 0 Å². The van der Waals surface area contributed by atoms with Crippen molar-refractivity contribution in [2.75, 3.05) is 13.7 Å². The van der Waals surface area contributed by atoms with Crippen LogP contribution in [0.5, 0.6) is 0 Å². The van der Waals surface area contributed by atoms with E-state index in [2.05, 4.69) is 5.32 Å². The predicted octanol–water partition coefficient (Wildman–Crippen LogP) is 2.10. The van der Waals surface area contributed by atoms with Crippen molar-refractivity contribution in [3.8, 4) is 0 Å². The molecule has 1 aromatic carbocycles. The quantitative estimate of drug-likeness (QED) is 0.824. The highest BCUT2D eigenvalue weighted by Crippen LogP contribution is 2.31. The molecule has 16 heavy (non-hydrogen) atoms. The van der Waals surface area contributed by atoms with Crippen molar-refractivity contribution in [3.05, 3.63) is 35.4 Å². The molecule has 0 radical (unpaired) electrons. The van der Waals surface area contributed by atoms with E-state index in [1.807, 2.05) is 24.3 Å². The summed E-state index contributed by atoms with van der Waals surface area (Å²) in [6.45, 7) is 0.975. The highest BCUT2D eigenvalue weighted by atomic mass is 35.5. The molecule has 1 aliphatic rings. The lowest BCUT2D eigenvalue weighted by atomic mass is 10.00. The molecule has 4 heteroatoms. The number of benzene rings is 1. The molecule has 0 aromatic heterocycles. The highest BCUT2D eigenvalue weighted by Gasteiger charge is 2.34. The van der Waals surface area contributed by atoms with Gasteiger partial charge in [0.1, 0.15) is 12.0 Å². The van der Waals surface area contributed by atoms with E-state index in [-0.39, 0.29) is 18.1 Å². The van der Waals surface area contributed by atoms with Crippen molar-refractivity contribution < 1.29 is 9.53 Å². The van der Waals surface area contributed by atoms with Gasteiger partial charge in [0.15, 0.2) is 0 Å². The molecule has 0 aliphatic carbocycles. The van der Waals surface area contributed by atoms with Crippen LogP contribution in [0.3, 0.4) is 0 Å². The standard InChI is InChI=1S/C12H15NO2.ClH/c1-15-12(7-2-8-13-12)11-5-3-10(9-14)4-6-11;/h3-6,9,13H,2,7-8H2,1H3;1H/t12-;/m0./s1. The third-order valence-corrected chi connectivity index (χ3v) is 2.98. The fraction of sp³-hybridized carbons (Fsp3) is 0.417. The van der Waals surface area contributed by atoms with Crippen LogP contribution < -0.4 is 5.32 Å². The Kier molecular flexibility index (Phi) is 4.47. The Hall–Kier alpha value is -0.900. The summed E-state index contributed by atoms with van der Waals surface area (Å²) in [6.07, 6.45) is 2.94. The Labute approximate surface area is 102 Å². The molecule has 0 saturated carbocycles. The lowest BCUT2D eigenvalue weighted by molar-refractivity contribution is -0.0286. The molecule has 1 atom stereocenters. The highest BCUT2D eigenvalue weighted by molar-refractivity contribution is 5.85. The number of halogens is 1. The molecule has 1 heterocycles. The number of hydrogen-bond donors (Lipinski definition) is 1. The van der Waals surface area contributed by atoms with Gasteiger partial charge in [0, 0.05) is 12.7 Å². The molecule has 0 bridgehead atoms. The molecular formula is C12H16ClNO2. The molecule has 1 aromatic rings. The van der Waals surface area contributed by atoms with Crippen LogP contribution in [0.4, 0.5) is 0 Å². The molecule has 88 valence electrons. The summed E-state index contributed by atoms with van der Waals surface area (Å²) in [5, 5.41) is 3.36. The van der Waals surface area contributed by atoms with Crippen molar-refractivity contribution in [3.63, 3.8) is 0 Å². The number of hydrogen-bond acceptors (Lipinski definition) is 3. The van der Waals surface area contributed by atoms with Crippen molar-refractivity contribution in [2.45, 2.75) is 18.6 Å². The van der Waals surface area contributed by atoms with Crippen molar-refractivity contribution in [1.82, 2.24) is 5.32 Å². The van der Waals surface area contributed by atoms with Crippen LogP contribution in [-0.4, -0.2) is 19.9 Å². The van der Waals surface area contributed by atoms with Crippen LogP contribution in [-0.2, 0) is 10.5 Å². The van der Waals surface area contributed by atoms with Gasteiger partial charge in [0.2, 0.25) is 0 Å². The second-order valence-corrected chi connectivity index (χ2v) is 3.80. The zero-order chi connectivity index (χ0) is 10.7. The Balaban J connectivity index is 0.00000128. The van der Waals surface area contributed by atoms with Crippen LogP contribution >= 0.6 is 12.4 Å². The Morgan fingerprint density at radius 2 is 2.06 bits per heavy atom. The van der Waals surface area contributed by atoms with Gasteiger partial charge >= 0.3 is 0 Å². The average Bonchev–Trinajstić information content (AvgIpc) is 2.79. The number of ether oxygens (including phenoxy) is 1. The smallest absolute Gasteiger partial charge is 0.150 e. The number of methoxy groups -OCH3 is 1. The summed E-state index contributed by atoms with van der Waals surface area (Å²) in [6, 6.07) is 7.54. The molecule has 1 aliphatic heterocycles. The van der Waals surface area contributed by atoms with Crippen molar-refractivity contribution in [2.24, 2.45) is 0 Å². The zero-order valence-electron chi connectivity index (χ0n) is 9.23. The summed E-state index contributed by atoms with van der Waals surface area (Å²) in [5.41, 5.74) is 1.44. The van der Waals surface area contributed by atoms with E-state index in [1.54, 1.807) is 7.11 Å². The maximum atomic E-state index is 10.5. The van der Waals surface area contributed by atoms with Gasteiger partial charge in [-0.15, -0.1) is 12.4 Å². The molecule has 1 N–H and O–H groups in total. The summed E-state index contributed by atoms with van der Waals surface area (Å²) in [7, 11) is 1.71. The van der Waals surface area contributed by atoms with E-state index in [4.69, 9.17) is 4.74 Å². The van der Waals surface area contributed by atoms with Crippen molar-refractivity contribution >= 4 is 18.7 Å². The van der Waals surface area contributed by atoms with Crippen LogP contribution in [0.15, 0.2) is 24.3 Å². The maximum Gasteiger partial charge on any atom is 0.150 e. The first-order valence-corrected chi connectivity index (χ1v) is 5.17. The zero-order valence-corrected chi connectivity index (χ0v) is 10.0. The minimum atomic E-state index is -0.346. The third-order valence-electron chi connectivity index (χ3n) is 2.98. The molecule has 0 unspecified atom stereocenters. The topological polar surface area (TPSA) is 38.3 Å². The molecular weight excluding hydrogens is 226 g/mol. The number of rotatable bonds is 3. The second kappa shape index (κ2) is 5.43. The first-order valence-electron chi connectivity index (χ1n) is 5.17. The Morgan fingerprint density at radius 3 is 2.50 bits per heavy atom. The van der Waals surface area contributed by atoms with Crippen LogP contribution in [0, 0.1) is 0 Å². The predicted molar refractivity (Wildman–Crippen MR) is 65.0 cm³/mol. The Bertz CT molecular complexity index is 345. The molecule has 3 nitrogen and oxygen atoms in total. The summed E-state index contributed by atoms with van der Waals surface area (Å²) >= 11 is 0.